The summed E-state index contributed by atoms with van der Waals surface area (Å²) in [6.45, 7) is 4.12. The van der Waals surface area contributed by atoms with Crippen molar-refractivity contribution < 1.29 is 19.4 Å². The van der Waals surface area contributed by atoms with E-state index < -0.39 is 11.6 Å². The van der Waals surface area contributed by atoms with Crippen molar-refractivity contribution in [3.63, 3.8) is 0 Å². The Balaban J connectivity index is 1.43. The van der Waals surface area contributed by atoms with Gasteiger partial charge in [0.15, 0.2) is 0 Å². The number of ether oxygens (including phenoxy) is 1. The second kappa shape index (κ2) is 11.2. The number of carbonyl (C=O) groups excluding carboxylic acids is 2. The third-order valence-electron chi connectivity index (χ3n) is 7.52. The van der Waals surface area contributed by atoms with Crippen molar-refractivity contribution in [1.29, 1.82) is 0 Å². The normalized spacial score (nSPS) is 22.1. The van der Waals surface area contributed by atoms with Gasteiger partial charge in [0.05, 0.1) is 43.5 Å². The van der Waals surface area contributed by atoms with Crippen LogP contribution in [0.2, 0.25) is 0 Å². The molecule has 1 unspecified atom stereocenters. The number of anilines is 1. The van der Waals surface area contributed by atoms with Crippen LogP contribution in [0.3, 0.4) is 0 Å². The van der Waals surface area contributed by atoms with Crippen molar-refractivity contribution in [2.24, 2.45) is 5.92 Å². The number of rotatable bonds is 6. The van der Waals surface area contributed by atoms with Crippen LogP contribution in [0, 0.1) is 5.92 Å². The quantitative estimate of drug-likeness (QED) is 0.521. The number of benzene rings is 1. The van der Waals surface area contributed by atoms with E-state index in [0.29, 0.717) is 12.5 Å². The number of carbonyl (C=O) groups is 2. The smallest absolute Gasteiger partial charge is 0.319 e. The average Bonchev–Trinajstić information content (AvgIpc) is 3.14. The van der Waals surface area contributed by atoms with Gasteiger partial charge in [0.25, 0.3) is 0 Å². The number of nitrogens with one attached hydrogen (secondary N) is 2. The van der Waals surface area contributed by atoms with Crippen LogP contribution in [0.1, 0.15) is 75.2 Å². The van der Waals surface area contributed by atoms with Crippen LogP contribution in [0.15, 0.2) is 36.5 Å². The third kappa shape index (κ3) is 5.61. The van der Waals surface area contributed by atoms with E-state index in [1.807, 2.05) is 44.2 Å². The zero-order chi connectivity index (χ0) is 25.7. The minimum absolute atomic E-state index is 0.0490. The van der Waals surface area contributed by atoms with Gasteiger partial charge in [-0.15, -0.1) is 0 Å². The predicted octanol–water partition coefficient (Wildman–Crippen LogP) is 3.89. The molecular formula is C27H37N5O4. The van der Waals surface area contributed by atoms with Crippen molar-refractivity contribution in [3.8, 4) is 0 Å². The summed E-state index contributed by atoms with van der Waals surface area (Å²) in [4.78, 5) is 36.4. The summed E-state index contributed by atoms with van der Waals surface area (Å²) >= 11 is 0. The lowest BCUT2D eigenvalue weighted by atomic mass is 9.89. The monoisotopic (exact) mass is 495 g/mol. The molecular weight excluding hydrogens is 458 g/mol. The van der Waals surface area contributed by atoms with E-state index in [4.69, 9.17) is 9.72 Å². The second-order valence-electron chi connectivity index (χ2n) is 10.2. The predicted molar refractivity (Wildman–Crippen MR) is 136 cm³/mol. The Labute approximate surface area is 212 Å². The molecule has 4 rings (SSSR count). The molecule has 3 N–H and O–H groups in total. The maximum atomic E-state index is 13.3. The molecule has 36 heavy (non-hydrogen) atoms. The lowest BCUT2D eigenvalue weighted by molar-refractivity contribution is -0.146. The topological polar surface area (TPSA) is 117 Å². The van der Waals surface area contributed by atoms with Gasteiger partial charge in [-0.25, -0.2) is 14.8 Å². The van der Waals surface area contributed by atoms with Gasteiger partial charge >= 0.3 is 12.0 Å². The van der Waals surface area contributed by atoms with Gasteiger partial charge in [-0.1, -0.05) is 43.2 Å². The molecule has 2 heterocycles. The Morgan fingerprint density at radius 1 is 1.17 bits per heavy atom. The van der Waals surface area contributed by atoms with Gasteiger partial charge in [-0.2, -0.15) is 0 Å². The first-order valence-corrected chi connectivity index (χ1v) is 12.8. The SMILES string of the molecule is COC(=O)C1CCCC[C@@H](Nc2ncc3c(n2)CN(C(=O)N[C@H](CO)c2ccccc2)C3(C)C)CC1. The number of aromatic nitrogens is 2. The highest BCUT2D eigenvalue weighted by Crippen LogP contribution is 2.38. The minimum Gasteiger partial charge on any atom is -0.469 e. The molecule has 1 saturated carbocycles. The lowest BCUT2D eigenvalue weighted by Crippen LogP contribution is -2.47. The number of aliphatic hydroxyl groups excluding tert-OH is 1. The first-order chi connectivity index (χ1) is 17.3. The molecule has 1 fully saturated rings. The fraction of sp³-hybridized carbons (Fsp3) is 0.556. The fourth-order valence-corrected chi connectivity index (χ4v) is 5.29. The first-order valence-electron chi connectivity index (χ1n) is 12.8. The highest BCUT2D eigenvalue weighted by Gasteiger charge is 2.42. The van der Waals surface area contributed by atoms with Crippen LogP contribution in [-0.2, 0) is 21.6 Å². The summed E-state index contributed by atoms with van der Waals surface area (Å²) in [6, 6.07) is 8.87. The number of nitrogens with zero attached hydrogens (tertiary/aromatic N) is 3. The molecule has 1 aromatic carbocycles. The number of hydrogen-bond acceptors (Lipinski definition) is 7. The minimum atomic E-state index is -0.595. The molecule has 0 saturated heterocycles. The zero-order valence-electron chi connectivity index (χ0n) is 21.4. The standard InChI is InChI=1S/C27H37N5O4/c1-27(2)21-15-28-25(29-20-12-8-7-11-19(13-14-20)24(34)36-3)30-22(21)16-32(27)26(35)31-23(17-33)18-9-5-4-6-10-18/h4-6,9-10,15,19-20,23,33H,7-8,11-14,16-17H2,1-3H3,(H,31,35)(H,28,29,30)/t19?,20-,23-/m1/s1. The Morgan fingerprint density at radius 2 is 1.92 bits per heavy atom. The van der Waals surface area contributed by atoms with Crippen molar-refractivity contribution in [1.82, 2.24) is 20.2 Å². The molecule has 0 spiro atoms. The van der Waals surface area contributed by atoms with Crippen LogP contribution in [0.25, 0.3) is 0 Å². The number of hydrogen-bond donors (Lipinski definition) is 3. The first kappa shape index (κ1) is 25.9. The summed E-state index contributed by atoms with van der Waals surface area (Å²) in [6.07, 6.45) is 7.34. The van der Waals surface area contributed by atoms with Gasteiger partial charge in [0.1, 0.15) is 0 Å². The highest BCUT2D eigenvalue weighted by molar-refractivity contribution is 5.77. The van der Waals surface area contributed by atoms with E-state index >= 15 is 0 Å². The van der Waals surface area contributed by atoms with E-state index in [0.717, 1.165) is 55.3 Å². The largest absolute Gasteiger partial charge is 0.469 e. The van der Waals surface area contributed by atoms with Crippen LogP contribution in [-0.4, -0.2) is 51.7 Å². The molecule has 194 valence electrons. The molecule has 1 aliphatic carbocycles. The van der Waals surface area contributed by atoms with E-state index in [1.165, 1.54) is 7.11 Å². The maximum Gasteiger partial charge on any atom is 0.319 e. The molecule has 9 heteroatoms. The summed E-state index contributed by atoms with van der Waals surface area (Å²) in [5.41, 5.74) is 1.98. The van der Waals surface area contributed by atoms with E-state index in [-0.39, 0.29) is 30.6 Å². The molecule has 3 atom stereocenters. The van der Waals surface area contributed by atoms with Gasteiger partial charge < -0.3 is 25.4 Å². The van der Waals surface area contributed by atoms with Crippen LogP contribution in [0.4, 0.5) is 10.7 Å². The maximum absolute atomic E-state index is 13.3. The Kier molecular flexibility index (Phi) is 8.08. The zero-order valence-corrected chi connectivity index (χ0v) is 21.4. The van der Waals surface area contributed by atoms with Gasteiger partial charge in [-0.05, 0) is 45.1 Å². The van der Waals surface area contributed by atoms with Crippen LogP contribution >= 0.6 is 0 Å². The summed E-state index contributed by atoms with van der Waals surface area (Å²) < 4.78 is 4.96. The molecule has 2 aromatic rings. The number of methoxy groups -OCH3 is 1. The van der Waals surface area contributed by atoms with Crippen LogP contribution in [0.5, 0.6) is 0 Å². The van der Waals surface area contributed by atoms with Gasteiger partial charge in [-0.3, -0.25) is 4.79 Å². The van der Waals surface area contributed by atoms with Gasteiger partial charge in [0, 0.05) is 17.8 Å². The van der Waals surface area contributed by atoms with Crippen molar-refractivity contribution in [2.45, 2.75) is 76.5 Å². The Morgan fingerprint density at radius 3 is 2.64 bits per heavy atom. The van der Waals surface area contributed by atoms with E-state index in [1.54, 1.807) is 11.1 Å². The molecule has 1 aliphatic heterocycles. The number of amides is 2. The van der Waals surface area contributed by atoms with Crippen molar-refractivity contribution in [3.05, 3.63) is 53.3 Å². The second-order valence-corrected chi connectivity index (χ2v) is 10.2. The molecule has 0 bridgehead atoms. The number of esters is 1. The summed E-state index contributed by atoms with van der Waals surface area (Å²) in [5.74, 6) is 0.372. The van der Waals surface area contributed by atoms with E-state index in [2.05, 4.69) is 15.6 Å². The third-order valence-corrected chi connectivity index (χ3v) is 7.52. The number of urea groups is 1. The number of fused-ring (bicyclic) bond motifs is 1. The fourth-order valence-electron chi connectivity index (χ4n) is 5.29. The molecule has 2 aliphatic rings. The highest BCUT2D eigenvalue weighted by atomic mass is 16.5. The van der Waals surface area contributed by atoms with Crippen molar-refractivity contribution in [2.75, 3.05) is 19.0 Å². The Hall–Kier alpha value is -3.20. The number of aliphatic hydroxyl groups is 1. The molecule has 2 amide bonds. The lowest BCUT2D eigenvalue weighted by Gasteiger charge is -2.33. The average molecular weight is 496 g/mol. The van der Waals surface area contributed by atoms with E-state index in [9.17, 15) is 14.7 Å². The molecule has 0 radical (unpaired) electrons. The molecule has 9 nitrogen and oxygen atoms in total. The Bertz CT molecular complexity index is 1060. The summed E-state index contributed by atoms with van der Waals surface area (Å²) in [7, 11) is 1.45. The summed E-state index contributed by atoms with van der Waals surface area (Å²) in [5, 5.41) is 16.3. The van der Waals surface area contributed by atoms with Crippen molar-refractivity contribution >= 4 is 17.9 Å². The van der Waals surface area contributed by atoms with Gasteiger partial charge in [0.2, 0.25) is 5.95 Å². The molecule has 1 aromatic heterocycles. The van der Waals surface area contributed by atoms with Crippen LogP contribution < -0.4 is 10.6 Å².